The first-order valence-electron chi connectivity index (χ1n) is 8.55. The molecule has 0 spiro atoms. The molecule has 2 heterocycles. The van der Waals surface area contributed by atoms with Gasteiger partial charge in [0.25, 0.3) is 0 Å². The van der Waals surface area contributed by atoms with Crippen molar-refractivity contribution >= 4 is 5.91 Å². The van der Waals surface area contributed by atoms with Crippen molar-refractivity contribution in [2.45, 2.75) is 51.4 Å². The van der Waals surface area contributed by atoms with Gasteiger partial charge in [0.1, 0.15) is 0 Å². The van der Waals surface area contributed by atoms with E-state index in [1.54, 1.807) is 0 Å². The number of hydrogen-bond donors (Lipinski definition) is 2. The summed E-state index contributed by atoms with van der Waals surface area (Å²) in [6.07, 6.45) is 3.31. The van der Waals surface area contributed by atoms with Crippen molar-refractivity contribution in [3.63, 3.8) is 0 Å². The largest absolute Gasteiger partial charge is 0.381 e. The van der Waals surface area contributed by atoms with Crippen molar-refractivity contribution in [3.05, 3.63) is 0 Å². The van der Waals surface area contributed by atoms with E-state index in [2.05, 4.69) is 24.1 Å². The third-order valence-electron chi connectivity index (χ3n) is 4.52. The van der Waals surface area contributed by atoms with E-state index < -0.39 is 6.04 Å². The molecule has 2 saturated heterocycles. The zero-order valence-electron chi connectivity index (χ0n) is 13.9. The molecule has 0 aromatic carbocycles. The third-order valence-corrected chi connectivity index (χ3v) is 4.52. The highest BCUT2D eigenvalue weighted by molar-refractivity contribution is 5.81. The number of carbonyl (C=O) groups excluding carboxylic acids is 1. The van der Waals surface area contributed by atoms with Crippen LogP contribution in [0.4, 0.5) is 0 Å². The van der Waals surface area contributed by atoms with Crippen LogP contribution in [0.1, 0.15) is 33.1 Å². The average molecular weight is 313 g/mol. The zero-order valence-corrected chi connectivity index (χ0v) is 13.9. The van der Waals surface area contributed by atoms with Crippen molar-refractivity contribution in [1.82, 2.24) is 10.2 Å². The molecule has 6 nitrogen and oxygen atoms in total. The van der Waals surface area contributed by atoms with Gasteiger partial charge in [-0.2, -0.15) is 0 Å². The normalized spacial score (nSPS) is 29.2. The summed E-state index contributed by atoms with van der Waals surface area (Å²) in [5.74, 6) is 0.241. The average Bonchev–Trinajstić information content (AvgIpc) is 2.50. The number of amides is 1. The number of hydrogen-bond acceptors (Lipinski definition) is 5. The number of nitrogens with one attached hydrogen (secondary N) is 1. The fourth-order valence-corrected chi connectivity index (χ4v) is 3.39. The third kappa shape index (κ3) is 5.50. The first-order valence-corrected chi connectivity index (χ1v) is 8.55. The van der Waals surface area contributed by atoms with E-state index in [1.807, 2.05) is 0 Å². The summed E-state index contributed by atoms with van der Waals surface area (Å²) in [4.78, 5) is 14.5. The molecular formula is C16H31N3O3. The lowest BCUT2D eigenvalue weighted by atomic mass is 9.92. The van der Waals surface area contributed by atoms with Crippen LogP contribution in [0.2, 0.25) is 0 Å². The Hall–Kier alpha value is -0.690. The Balaban J connectivity index is 1.60. The van der Waals surface area contributed by atoms with Crippen LogP contribution in [0, 0.1) is 5.92 Å². The number of carbonyl (C=O) groups is 1. The van der Waals surface area contributed by atoms with Crippen LogP contribution in [0.25, 0.3) is 0 Å². The van der Waals surface area contributed by atoms with Gasteiger partial charge >= 0.3 is 0 Å². The number of nitrogens with two attached hydrogens (primary N) is 1. The summed E-state index contributed by atoms with van der Waals surface area (Å²) in [5.41, 5.74) is 6.06. The predicted molar refractivity (Wildman–Crippen MR) is 85.6 cm³/mol. The van der Waals surface area contributed by atoms with E-state index in [0.29, 0.717) is 18.8 Å². The first-order chi connectivity index (χ1) is 10.6. The van der Waals surface area contributed by atoms with Gasteiger partial charge in [-0.15, -0.1) is 0 Å². The smallest absolute Gasteiger partial charge is 0.237 e. The quantitative estimate of drug-likeness (QED) is 0.692. The van der Waals surface area contributed by atoms with Gasteiger partial charge < -0.3 is 20.5 Å². The summed E-state index contributed by atoms with van der Waals surface area (Å²) in [6.45, 7) is 9.28. The molecule has 2 aliphatic rings. The van der Waals surface area contributed by atoms with Crippen LogP contribution in [0.15, 0.2) is 0 Å². The fraction of sp³-hybridized carbons (Fsp3) is 0.938. The molecule has 0 aromatic rings. The van der Waals surface area contributed by atoms with E-state index in [9.17, 15) is 4.79 Å². The molecule has 2 fully saturated rings. The summed E-state index contributed by atoms with van der Waals surface area (Å²) < 4.78 is 11.0. The summed E-state index contributed by atoms with van der Waals surface area (Å²) >= 11 is 0. The molecule has 0 aromatic heterocycles. The van der Waals surface area contributed by atoms with Crippen LogP contribution in [-0.2, 0) is 14.3 Å². The van der Waals surface area contributed by atoms with E-state index in [4.69, 9.17) is 15.2 Å². The number of nitrogens with zero attached hydrogens (tertiary/aromatic N) is 1. The lowest BCUT2D eigenvalue weighted by molar-refractivity contribution is -0.124. The fourth-order valence-electron chi connectivity index (χ4n) is 3.39. The van der Waals surface area contributed by atoms with Crippen LogP contribution < -0.4 is 11.1 Å². The molecule has 1 amide bonds. The minimum absolute atomic E-state index is 0.0180. The lowest BCUT2D eigenvalue weighted by Gasteiger charge is -2.35. The molecule has 0 aliphatic carbocycles. The molecule has 2 aliphatic heterocycles. The second-order valence-electron chi connectivity index (χ2n) is 6.64. The van der Waals surface area contributed by atoms with Gasteiger partial charge in [0.15, 0.2) is 0 Å². The maximum absolute atomic E-state index is 12.1. The summed E-state index contributed by atoms with van der Waals surface area (Å²) in [7, 11) is 0. The monoisotopic (exact) mass is 313 g/mol. The van der Waals surface area contributed by atoms with Crippen LogP contribution >= 0.6 is 0 Å². The molecule has 0 radical (unpaired) electrons. The Morgan fingerprint density at radius 2 is 1.91 bits per heavy atom. The SMILES string of the molecule is CC1CN(CCCNC(=O)C(N)C2CCOCC2)CC(C)O1. The highest BCUT2D eigenvalue weighted by Gasteiger charge is 2.26. The number of morpholine rings is 1. The molecule has 128 valence electrons. The van der Waals surface area contributed by atoms with Crippen molar-refractivity contribution in [2.75, 3.05) is 39.4 Å². The van der Waals surface area contributed by atoms with Crippen molar-refractivity contribution in [1.29, 1.82) is 0 Å². The maximum atomic E-state index is 12.1. The summed E-state index contributed by atoms with van der Waals surface area (Å²) in [6, 6.07) is -0.396. The minimum Gasteiger partial charge on any atom is -0.381 e. The Bertz CT molecular complexity index is 338. The summed E-state index contributed by atoms with van der Waals surface area (Å²) in [5, 5.41) is 2.98. The minimum atomic E-state index is -0.396. The van der Waals surface area contributed by atoms with Gasteiger partial charge in [-0.1, -0.05) is 0 Å². The Labute approximate surface area is 133 Å². The maximum Gasteiger partial charge on any atom is 0.237 e. The van der Waals surface area contributed by atoms with Crippen molar-refractivity contribution in [3.8, 4) is 0 Å². The molecule has 6 heteroatoms. The Kier molecular flexibility index (Phi) is 7.08. The van der Waals surface area contributed by atoms with Gasteiger partial charge in [0, 0.05) is 39.4 Å². The molecule has 2 rings (SSSR count). The van der Waals surface area contributed by atoms with Crippen LogP contribution in [0.5, 0.6) is 0 Å². The molecule has 0 saturated carbocycles. The molecule has 3 unspecified atom stereocenters. The highest BCUT2D eigenvalue weighted by Crippen LogP contribution is 2.17. The van der Waals surface area contributed by atoms with Crippen molar-refractivity contribution in [2.24, 2.45) is 11.7 Å². The molecule has 22 heavy (non-hydrogen) atoms. The van der Waals surface area contributed by atoms with Crippen LogP contribution in [-0.4, -0.2) is 68.4 Å². The molecule has 3 N–H and O–H groups in total. The number of rotatable bonds is 6. The first kappa shape index (κ1) is 17.7. The van der Waals surface area contributed by atoms with Crippen molar-refractivity contribution < 1.29 is 14.3 Å². The standard InChI is InChI=1S/C16H31N3O3/c1-12-10-19(11-13(2)22-12)7-3-6-18-16(20)15(17)14-4-8-21-9-5-14/h12-15H,3-11,17H2,1-2H3,(H,18,20). The van der Waals surface area contributed by atoms with Crippen LogP contribution in [0.3, 0.4) is 0 Å². The van der Waals surface area contributed by atoms with Gasteiger partial charge in [-0.25, -0.2) is 0 Å². The molecule has 3 atom stereocenters. The topological polar surface area (TPSA) is 76.8 Å². The van der Waals surface area contributed by atoms with Gasteiger partial charge in [0.05, 0.1) is 18.2 Å². The molecule has 0 bridgehead atoms. The van der Waals surface area contributed by atoms with E-state index >= 15 is 0 Å². The van der Waals surface area contributed by atoms with Gasteiger partial charge in [-0.3, -0.25) is 9.69 Å². The second-order valence-corrected chi connectivity index (χ2v) is 6.64. The van der Waals surface area contributed by atoms with Gasteiger partial charge in [-0.05, 0) is 39.0 Å². The Morgan fingerprint density at radius 1 is 1.27 bits per heavy atom. The van der Waals surface area contributed by atoms with E-state index in [-0.39, 0.29) is 11.8 Å². The van der Waals surface area contributed by atoms with E-state index in [1.165, 1.54) is 0 Å². The molecular weight excluding hydrogens is 282 g/mol. The Morgan fingerprint density at radius 3 is 2.55 bits per heavy atom. The predicted octanol–water partition coefficient (Wildman–Crippen LogP) is 0.356. The highest BCUT2D eigenvalue weighted by atomic mass is 16.5. The second kappa shape index (κ2) is 8.82. The van der Waals surface area contributed by atoms with E-state index in [0.717, 1.165) is 52.1 Å². The lowest BCUT2D eigenvalue weighted by Crippen LogP contribution is -2.48. The van der Waals surface area contributed by atoms with Gasteiger partial charge in [0.2, 0.25) is 5.91 Å². The number of ether oxygens (including phenoxy) is 2. The zero-order chi connectivity index (χ0) is 15.9.